The van der Waals surface area contributed by atoms with E-state index in [0.29, 0.717) is 12.4 Å². The number of guanidine groups is 1. The fourth-order valence-corrected chi connectivity index (χ4v) is 3.36. The predicted molar refractivity (Wildman–Crippen MR) is 112 cm³/mol. The molecule has 140 valence electrons. The molecule has 0 atom stereocenters. The molecule has 0 aliphatic rings. The Morgan fingerprint density at radius 2 is 1.78 bits per heavy atom. The zero-order valence-electron chi connectivity index (χ0n) is 15.4. The van der Waals surface area contributed by atoms with Crippen LogP contribution in [0.3, 0.4) is 0 Å². The van der Waals surface area contributed by atoms with E-state index in [9.17, 15) is 0 Å². The highest BCUT2D eigenvalue weighted by Crippen LogP contribution is 2.18. The minimum absolute atomic E-state index is 0.564. The van der Waals surface area contributed by atoms with Gasteiger partial charge < -0.3 is 15.1 Å². The topological polar surface area (TPSA) is 62.5 Å². The lowest BCUT2D eigenvalue weighted by Gasteiger charge is -2.10. The van der Waals surface area contributed by atoms with Crippen LogP contribution < -0.4 is 10.6 Å². The van der Waals surface area contributed by atoms with Crippen molar-refractivity contribution >= 4 is 17.7 Å². The molecule has 0 radical (unpaired) electrons. The standard InChI is InChI=1S/C21H24N4OS/c1-22-21(23-13-8-14-27-19-11-6-3-7-12-19)24-15-18-16-26-20(25-18)17-9-4-2-5-10-17/h2-7,9-12,16H,8,13-15H2,1H3,(H2,22,23,24). The Labute approximate surface area is 164 Å². The van der Waals surface area contributed by atoms with Crippen LogP contribution in [0.4, 0.5) is 0 Å². The highest BCUT2D eigenvalue weighted by molar-refractivity contribution is 7.99. The zero-order chi connectivity index (χ0) is 18.7. The smallest absolute Gasteiger partial charge is 0.226 e. The van der Waals surface area contributed by atoms with Crippen LogP contribution in [-0.2, 0) is 6.54 Å². The first kappa shape index (κ1) is 19.0. The van der Waals surface area contributed by atoms with Crippen LogP contribution in [-0.4, -0.2) is 30.3 Å². The average molecular weight is 381 g/mol. The molecule has 1 heterocycles. The van der Waals surface area contributed by atoms with E-state index in [2.05, 4.69) is 44.9 Å². The summed E-state index contributed by atoms with van der Waals surface area (Å²) >= 11 is 1.87. The molecule has 27 heavy (non-hydrogen) atoms. The van der Waals surface area contributed by atoms with Gasteiger partial charge in [-0.3, -0.25) is 4.99 Å². The summed E-state index contributed by atoms with van der Waals surface area (Å²) in [5.74, 6) is 2.47. The highest BCUT2D eigenvalue weighted by Gasteiger charge is 2.06. The number of rotatable bonds is 8. The predicted octanol–water partition coefficient (Wildman–Crippen LogP) is 4.19. The number of nitrogens with zero attached hydrogens (tertiary/aromatic N) is 2. The van der Waals surface area contributed by atoms with Crippen molar-refractivity contribution in [2.45, 2.75) is 17.9 Å². The van der Waals surface area contributed by atoms with Gasteiger partial charge in [-0.1, -0.05) is 36.4 Å². The monoisotopic (exact) mass is 380 g/mol. The van der Waals surface area contributed by atoms with Gasteiger partial charge in [0.1, 0.15) is 6.26 Å². The van der Waals surface area contributed by atoms with Crippen LogP contribution in [0.5, 0.6) is 0 Å². The van der Waals surface area contributed by atoms with Gasteiger partial charge in [0.05, 0.1) is 12.2 Å². The number of hydrogen-bond acceptors (Lipinski definition) is 4. The number of thioether (sulfide) groups is 1. The lowest BCUT2D eigenvalue weighted by Crippen LogP contribution is -2.37. The van der Waals surface area contributed by atoms with Crippen LogP contribution in [0.15, 0.2) is 81.2 Å². The Bertz CT molecular complexity index is 834. The molecule has 5 nitrogen and oxygen atoms in total. The Kier molecular flexibility index (Phi) is 7.35. The third-order valence-electron chi connectivity index (χ3n) is 3.86. The minimum atomic E-state index is 0.564. The van der Waals surface area contributed by atoms with E-state index >= 15 is 0 Å². The van der Waals surface area contributed by atoms with Gasteiger partial charge in [0.25, 0.3) is 0 Å². The third-order valence-corrected chi connectivity index (χ3v) is 4.96. The van der Waals surface area contributed by atoms with E-state index in [1.807, 2.05) is 48.2 Å². The van der Waals surface area contributed by atoms with Crippen LogP contribution in [0, 0.1) is 0 Å². The summed E-state index contributed by atoms with van der Waals surface area (Å²) in [6, 6.07) is 20.3. The summed E-state index contributed by atoms with van der Waals surface area (Å²) in [6.07, 6.45) is 2.74. The Morgan fingerprint density at radius 3 is 2.52 bits per heavy atom. The number of nitrogens with one attached hydrogen (secondary N) is 2. The zero-order valence-corrected chi connectivity index (χ0v) is 16.2. The van der Waals surface area contributed by atoms with Crippen molar-refractivity contribution in [1.82, 2.24) is 15.6 Å². The van der Waals surface area contributed by atoms with Gasteiger partial charge in [-0.15, -0.1) is 11.8 Å². The first-order chi connectivity index (χ1) is 13.3. The molecule has 0 aliphatic carbocycles. The van der Waals surface area contributed by atoms with E-state index < -0.39 is 0 Å². The maximum Gasteiger partial charge on any atom is 0.226 e. The van der Waals surface area contributed by atoms with Crippen LogP contribution >= 0.6 is 11.8 Å². The van der Waals surface area contributed by atoms with Gasteiger partial charge in [0.15, 0.2) is 5.96 Å². The highest BCUT2D eigenvalue weighted by atomic mass is 32.2. The molecule has 0 bridgehead atoms. The van der Waals surface area contributed by atoms with Gasteiger partial charge in [0.2, 0.25) is 5.89 Å². The minimum Gasteiger partial charge on any atom is -0.444 e. The molecule has 1 aromatic heterocycles. The fraction of sp³-hybridized carbons (Fsp3) is 0.238. The molecular formula is C21H24N4OS. The lowest BCUT2D eigenvalue weighted by molar-refractivity contribution is 0.572. The second-order valence-electron chi connectivity index (χ2n) is 5.88. The SMILES string of the molecule is CN=C(NCCCSc1ccccc1)NCc1coc(-c2ccccc2)n1. The molecule has 0 saturated heterocycles. The second kappa shape index (κ2) is 10.4. The Balaban J connectivity index is 1.37. The summed E-state index contributed by atoms with van der Waals surface area (Å²) in [6.45, 7) is 1.43. The van der Waals surface area contributed by atoms with Crippen molar-refractivity contribution in [1.29, 1.82) is 0 Å². The molecule has 0 spiro atoms. The van der Waals surface area contributed by atoms with Crippen LogP contribution in [0.25, 0.3) is 11.5 Å². The van der Waals surface area contributed by atoms with Crippen LogP contribution in [0.2, 0.25) is 0 Å². The van der Waals surface area contributed by atoms with Crippen LogP contribution in [0.1, 0.15) is 12.1 Å². The first-order valence-electron chi connectivity index (χ1n) is 8.97. The molecule has 0 saturated carbocycles. The fourth-order valence-electron chi connectivity index (χ4n) is 2.48. The summed E-state index contributed by atoms with van der Waals surface area (Å²) < 4.78 is 5.56. The largest absolute Gasteiger partial charge is 0.444 e. The van der Waals surface area contributed by atoms with E-state index in [1.165, 1.54) is 4.90 Å². The van der Waals surface area contributed by atoms with E-state index in [0.717, 1.165) is 35.9 Å². The number of aromatic nitrogens is 1. The number of benzene rings is 2. The summed E-state index contributed by atoms with van der Waals surface area (Å²) in [7, 11) is 1.77. The molecule has 2 aromatic carbocycles. The average Bonchev–Trinajstić information content (AvgIpc) is 3.20. The normalized spacial score (nSPS) is 11.4. The molecular weight excluding hydrogens is 356 g/mol. The third kappa shape index (κ3) is 6.18. The molecule has 6 heteroatoms. The maximum absolute atomic E-state index is 5.56. The quantitative estimate of drug-likeness (QED) is 0.266. The molecule has 0 unspecified atom stereocenters. The molecule has 0 fully saturated rings. The van der Waals surface area contributed by atoms with Crippen molar-refractivity contribution in [2.75, 3.05) is 19.3 Å². The van der Waals surface area contributed by atoms with Gasteiger partial charge in [-0.2, -0.15) is 0 Å². The van der Waals surface area contributed by atoms with Gasteiger partial charge in [-0.25, -0.2) is 4.98 Å². The summed E-state index contributed by atoms with van der Waals surface area (Å²) in [5, 5.41) is 6.60. The van der Waals surface area contributed by atoms with Gasteiger partial charge >= 0.3 is 0 Å². The molecule has 0 aliphatic heterocycles. The van der Waals surface area contributed by atoms with E-state index in [4.69, 9.17) is 4.42 Å². The molecule has 3 aromatic rings. The number of oxazole rings is 1. The van der Waals surface area contributed by atoms with Crippen molar-refractivity contribution in [3.05, 3.63) is 72.6 Å². The summed E-state index contributed by atoms with van der Waals surface area (Å²) in [5.41, 5.74) is 1.82. The van der Waals surface area contributed by atoms with Crippen molar-refractivity contribution in [3.63, 3.8) is 0 Å². The van der Waals surface area contributed by atoms with E-state index in [-0.39, 0.29) is 0 Å². The molecule has 0 amide bonds. The number of aliphatic imine (C=N–C) groups is 1. The Hall–Kier alpha value is -2.73. The van der Waals surface area contributed by atoms with Crippen molar-refractivity contribution < 1.29 is 4.42 Å². The lowest BCUT2D eigenvalue weighted by atomic mass is 10.2. The van der Waals surface area contributed by atoms with Gasteiger partial charge in [-0.05, 0) is 36.4 Å². The first-order valence-corrected chi connectivity index (χ1v) is 9.96. The van der Waals surface area contributed by atoms with Gasteiger partial charge in [0, 0.05) is 24.1 Å². The second-order valence-corrected chi connectivity index (χ2v) is 7.05. The summed E-state index contributed by atoms with van der Waals surface area (Å²) in [4.78, 5) is 10.1. The molecule has 3 rings (SSSR count). The van der Waals surface area contributed by atoms with E-state index in [1.54, 1.807) is 13.3 Å². The van der Waals surface area contributed by atoms with Crippen molar-refractivity contribution in [2.24, 2.45) is 4.99 Å². The maximum atomic E-state index is 5.56. The number of hydrogen-bond donors (Lipinski definition) is 2. The van der Waals surface area contributed by atoms with Crippen molar-refractivity contribution in [3.8, 4) is 11.5 Å². The Morgan fingerprint density at radius 1 is 1.04 bits per heavy atom. The molecule has 2 N–H and O–H groups in total.